The normalized spacial score (nSPS) is 16.9. The molecule has 26 heavy (non-hydrogen) atoms. The molecule has 3 rings (SSSR count). The zero-order chi connectivity index (χ0) is 18.5. The van der Waals surface area contributed by atoms with Crippen molar-refractivity contribution in [2.24, 2.45) is 5.92 Å². The van der Waals surface area contributed by atoms with Gasteiger partial charge in [-0.3, -0.25) is 19.5 Å². The largest absolute Gasteiger partial charge is 0.374 e. The fourth-order valence-corrected chi connectivity index (χ4v) is 3.49. The lowest BCUT2D eigenvalue weighted by Gasteiger charge is -2.13. The van der Waals surface area contributed by atoms with E-state index in [1.54, 1.807) is 6.20 Å². The van der Waals surface area contributed by atoms with Gasteiger partial charge in [-0.15, -0.1) is 10.2 Å². The molecule has 0 spiro atoms. The van der Waals surface area contributed by atoms with Crippen LogP contribution in [0, 0.1) is 12.8 Å². The van der Waals surface area contributed by atoms with Gasteiger partial charge >= 0.3 is 0 Å². The van der Waals surface area contributed by atoms with Gasteiger partial charge in [0.25, 0.3) is 0 Å². The maximum Gasteiger partial charge on any atom is 0.229 e. The predicted octanol–water partition coefficient (Wildman–Crippen LogP) is 1.45. The smallest absolute Gasteiger partial charge is 0.229 e. The number of nitrogens with one attached hydrogen (secondary N) is 1. The number of carbonyl (C=O) groups excluding carboxylic acids is 2. The Morgan fingerprint density at radius 1 is 1.46 bits per heavy atom. The first kappa shape index (κ1) is 18.4. The standard InChI is InChI=1S/C17H21N5O3S/c1-3-25-10-14-20-21-17(26-14)22-9-12(7-15(22)23)16(24)19-8-13-11(2)5-4-6-18-13/h4-6,12H,3,7-10H2,1-2H3,(H,19,24). The third-order valence-electron chi connectivity index (χ3n) is 4.16. The van der Waals surface area contributed by atoms with Crippen molar-refractivity contribution in [3.63, 3.8) is 0 Å². The molecular weight excluding hydrogens is 354 g/mol. The molecule has 1 unspecified atom stereocenters. The van der Waals surface area contributed by atoms with Crippen LogP contribution in [0.1, 0.15) is 29.6 Å². The molecule has 8 nitrogen and oxygen atoms in total. The van der Waals surface area contributed by atoms with E-state index in [9.17, 15) is 9.59 Å². The molecular formula is C17H21N5O3S. The van der Waals surface area contributed by atoms with Crippen LogP contribution < -0.4 is 10.2 Å². The molecule has 0 saturated carbocycles. The van der Waals surface area contributed by atoms with Gasteiger partial charge in [-0.2, -0.15) is 0 Å². The van der Waals surface area contributed by atoms with Crippen LogP contribution in [0.5, 0.6) is 0 Å². The number of aryl methyl sites for hydroxylation is 1. The number of hydrogen-bond donors (Lipinski definition) is 1. The molecule has 1 aliphatic rings. The van der Waals surface area contributed by atoms with Crippen LogP contribution in [0.15, 0.2) is 18.3 Å². The number of nitrogens with zero attached hydrogens (tertiary/aromatic N) is 4. The summed E-state index contributed by atoms with van der Waals surface area (Å²) in [5.74, 6) is -0.658. The molecule has 3 heterocycles. The Bertz CT molecular complexity index is 794. The number of pyridine rings is 1. The molecule has 0 bridgehead atoms. The Labute approximate surface area is 155 Å². The Kier molecular flexibility index (Phi) is 5.89. The molecule has 0 aliphatic carbocycles. The van der Waals surface area contributed by atoms with Gasteiger partial charge in [0.1, 0.15) is 11.6 Å². The van der Waals surface area contributed by atoms with E-state index in [1.807, 2.05) is 26.0 Å². The molecule has 1 saturated heterocycles. The third-order valence-corrected chi connectivity index (χ3v) is 5.08. The maximum atomic E-state index is 12.4. The number of carbonyl (C=O) groups is 2. The van der Waals surface area contributed by atoms with Gasteiger partial charge in [-0.05, 0) is 25.5 Å². The van der Waals surface area contributed by atoms with E-state index in [4.69, 9.17) is 4.74 Å². The van der Waals surface area contributed by atoms with Gasteiger partial charge < -0.3 is 10.1 Å². The fourth-order valence-electron chi connectivity index (χ4n) is 2.69. The molecule has 1 aliphatic heterocycles. The summed E-state index contributed by atoms with van der Waals surface area (Å²) in [7, 11) is 0. The topological polar surface area (TPSA) is 97.3 Å². The number of ether oxygens (including phenoxy) is 1. The van der Waals surface area contributed by atoms with Crippen molar-refractivity contribution in [3.8, 4) is 0 Å². The van der Waals surface area contributed by atoms with Crippen LogP contribution >= 0.6 is 11.3 Å². The number of amides is 2. The summed E-state index contributed by atoms with van der Waals surface area (Å²) in [4.78, 5) is 30.5. The van der Waals surface area contributed by atoms with Crippen molar-refractivity contribution < 1.29 is 14.3 Å². The van der Waals surface area contributed by atoms with E-state index in [1.165, 1.54) is 16.2 Å². The molecule has 2 amide bonds. The van der Waals surface area contributed by atoms with E-state index in [2.05, 4.69) is 20.5 Å². The van der Waals surface area contributed by atoms with E-state index in [-0.39, 0.29) is 18.2 Å². The Hall–Kier alpha value is -2.39. The van der Waals surface area contributed by atoms with E-state index in [0.29, 0.717) is 36.4 Å². The first-order chi connectivity index (χ1) is 12.6. The summed E-state index contributed by atoms with van der Waals surface area (Å²) in [5.41, 5.74) is 1.85. The quantitative estimate of drug-likeness (QED) is 0.787. The monoisotopic (exact) mass is 375 g/mol. The lowest BCUT2D eigenvalue weighted by Crippen LogP contribution is -2.33. The second-order valence-electron chi connectivity index (χ2n) is 6.01. The molecule has 1 atom stereocenters. The summed E-state index contributed by atoms with van der Waals surface area (Å²) in [5, 5.41) is 12.2. The minimum Gasteiger partial charge on any atom is -0.374 e. The summed E-state index contributed by atoms with van der Waals surface area (Å²) in [6, 6.07) is 3.81. The lowest BCUT2D eigenvalue weighted by molar-refractivity contribution is -0.126. The maximum absolute atomic E-state index is 12.4. The van der Waals surface area contributed by atoms with Gasteiger partial charge in [-0.25, -0.2) is 0 Å². The average molecular weight is 375 g/mol. The Morgan fingerprint density at radius 2 is 2.31 bits per heavy atom. The highest BCUT2D eigenvalue weighted by molar-refractivity contribution is 7.15. The van der Waals surface area contributed by atoms with Crippen LogP contribution in [0.4, 0.5) is 5.13 Å². The first-order valence-electron chi connectivity index (χ1n) is 8.47. The molecule has 1 N–H and O–H groups in total. The zero-order valence-electron chi connectivity index (χ0n) is 14.8. The highest BCUT2D eigenvalue weighted by Crippen LogP contribution is 2.28. The SMILES string of the molecule is CCOCc1nnc(N2CC(C(=O)NCc3ncccc3C)CC2=O)s1. The van der Waals surface area contributed by atoms with Crippen LogP contribution in [-0.4, -0.2) is 40.1 Å². The molecule has 2 aromatic rings. The highest BCUT2D eigenvalue weighted by Gasteiger charge is 2.36. The molecule has 138 valence electrons. The van der Waals surface area contributed by atoms with Crippen LogP contribution in [0.2, 0.25) is 0 Å². The third kappa shape index (κ3) is 4.23. The molecule has 1 fully saturated rings. The summed E-state index contributed by atoms with van der Waals surface area (Å²) in [6.07, 6.45) is 1.87. The van der Waals surface area contributed by atoms with Crippen LogP contribution in [-0.2, 0) is 27.5 Å². The van der Waals surface area contributed by atoms with Crippen molar-refractivity contribution in [2.45, 2.75) is 33.4 Å². The second-order valence-corrected chi connectivity index (χ2v) is 7.05. The summed E-state index contributed by atoms with van der Waals surface area (Å²) < 4.78 is 5.30. The fraction of sp³-hybridized carbons (Fsp3) is 0.471. The highest BCUT2D eigenvalue weighted by atomic mass is 32.1. The van der Waals surface area contributed by atoms with Crippen molar-refractivity contribution >= 4 is 28.3 Å². The Balaban J connectivity index is 1.57. The van der Waals surface area contributed by atoms with Gasteiger partial charge in [0.15, 0.2) is 0 Å². The number of rotatable bonds is 7. The van der Waals surface area contributed by atoms with Gasteiger partial charge in [0, 0.05) is 25.8 Å². The van der Waals surface area contributed by atoms with Crippen molar-refractivity contribution in [3.05, 3.63) is 34.6 Å². The minimum atomic E-state index is -0.397. The molecule has 9 heteroatoms. The van der Waals surface area contributed by atoms with Crippen molar-refractivity contribution in [1.29, 1.82) is 0 Å². The van der Waals surface area contributed by atoms with Crippen LogP contribution in [0.25, 0.3) is 0 Å². The van der Waals surface area contributed by atoms with Gasteiger partial charge in [0.05, 0.1) is 18.2 Å². The van der Waals surface area contributed by atoms with E-state index < -0.39 is 5.92 Å². The van der Waals surface area contributed by atoms with E-state index in [0.717, 1.165) is 11.3 Å². The summed E-state index contributed by atoms with van der Waals surface area (Å²) >= 11 is 1.32. The lowest BCUT2D eigenvalue weighted by atomic mass is 10.1. The predicted molar refractivity (Wildman–Crippen MR) is 96.5 cm³/mol. The minimum absolute atomic E-state index is 0.113. The summed E-state index contributed by atoms with van der Waals surface area (Å²) in [6.45, 7) is 5.49. The first-order valence-corrected chi connectivity index (χ1v) is 9.28. The van der Waals surface area contributed by atoms with Gasteiger partial charge in [0.2, 0.25) is 16.9 Å². The number of aromatic nitrogens is 3. The molecule has 0 radical (unpaired) electrons. The number of hydrogen-bond acceptors (Lipinski definition) is 7. The molecule has 2 aromatic heterocycles. The Morgan fingerprint density at radius 3 is 3.08 bits per heavy atom. The van der Waals surface area contributed by atoms with E-state index >= 15 is 0 Å². The van der Waals surface area contributed by atoms with Crippen molar-refractivity contribution in [1.82, 2.24) is 20.5 Å². The molecule has 0 aromatic carbocycles. The second kappa shape index (κ2) is 8.33. The number of anilines is 1. The average Bonchev–Trinajstić information content (AvgIpc) is 3.25. The van der Waals surface area contributed by atoms with Gasteiger partial charge in [-0.1, -0.05) is 17.4 Å². The van der Waals surface area contributed by atoms with Crippen LogP contribution in [0.3, 0.4) is 0 Å². The van der Waals surface area contributed by atoms with Crippen molar-refractivity contribution in [2.75, 3.05) is 18.1 Å². The zero-order valence-corrected chi connectivity index (χ0v) is 15.6.